The van der Waals surface area contributed by atoms with Crippen LogP contribution >= 0.6 is 0 Å². The molecule has 3 N–H and O–H groups in total. The lowest BCUT2D eigenvalue weighted by Gasteiger charge is -2.30. The monoisotopic (exact) mass is 345 g/mol. The van der Waals surface area contributed by atoms with Crippen LogP contribution < -0.4 is 5.32 Å². The van der Waals surface area contributed by atoms with Gasteiger partial charge in [-0.1, -0.05) is 6.07 Å². The standard InChI is InChI=1S/C16H19N5O4/c22-14(12-3-1-2-4-17-12)20-9-16(24)10-21(7-8-25-11-16)15(23)13-18-5-6-19-13/h1-6,24H,7-11H2,(H,18,19)(H,20,22). The van der Waals surface area contributed by atoms with E-state index in [-0.39, 0.29) is 37.1 Å². The first-order chi connectivity index (χ1) is 12.1. The Kier molecular flexibility index (Phi) is 5.05. The van der Waals surface area contributed by atoms with Gasteiger partial charge in [0.2, 0.25) is 0 Å². The van der Waals surface area contributed by atoms with Crippen molar-refractivity contribution < 1.29 is 19.4 Å². The van der Waals surface area contributed by atoms with Gasteiger partial charge in [-0.2, -0.15) is 0 Å². The van der Waals surface area contributed by atoms with E-state index < -0.39 is 11.5 Å². The molecule has 1 aliphatic heterocycles. The van der Waals surface area contributed by atoms with Crippen molar-refractivity contribution in [3.8, 4) is 0 Å². The second-order valence-corrected chi connectivity index (χ2v) is 5.84. The lowest BCUT2D eigenvalue weighted by Crippen LogP contribution is -2.53. The van der Waals surface area contributed by atoms with Crippen LogP contribution in [0, 0.1) is 0 Å². The van der Waals surface area contributed by atoms with Crippen molar-refractivity contribution in [3.63, 3.8) is 0 Å². The summed E-state index contributed by atoms with van der Waals surface area (Å²) >= 11 is 0. The highest BCUT2D eigenvalue weighted by molar-refractivity contribution is 5.92. The van der Waals surface area contributed by atoms with Crippen molar-refractivity contribution in [3.05, 3.63) is 48.3 Å². The van der Waals surface area contributed by atoms with E-state index in [2.05, 4.69) is 20.3 Å². The third kappa shape index (κ3) is 4.20. The topological polar surface area (TPSA) is 120 Å². The second-order valence-electron chi connectivity index (χ2n) is 5.84. The number of ether oxygens (including phenoxy) is 1. The maximum absolute atomic E-state index is 12.4. The van der Waals surface area contributed by atoms with Crippen LogP contribution in [0.4, 0.5) is 0 Å². The highest BCUT2D eigenvalue weighted by atomic mass is 16.5. The zero-order valence-electron chi connectivity index (χ0n) is 13.5. The van der Waals surface area contributed by atoms with Crippen LogP contribution in [0.25, 0.3) is 0 Å². The number of rotatable bonds is 4. The Labute approximate surface area is 144 Å². The Bertz CT molecular complexity index is 721. The summed E-state index contributed by atoms with van der Waals surface area (Å²) in [4.78, 5) is 36.6. The number of aromatic amines is 1. The SMILES string of the molecule is O=C(NCC1(O)COCCN(C(=O)c2ncc[nH]2)C1)c1ccccn1. The van der Waals surface area contributed by atoms with Crippen LogP contribution in [0.2, 0.25) is 0 Å². The van der Waals surface area contributed by atoms with E-state index in [0.29, 0.717) is 13.2 Å². The summed E-state index contributed by atoms with van der Waals surface area (Å²) < 4.78 is 5.40. The molecule has 2 amide bonds. The number of carbonyl (C=O) groups excluding carboxylic acids is 2. The molecule has 0 bridgehead atoms. The molecular weight excluding hydrogens is 326 g/mol. The highest BCUT2D eigenvalue weighted by Gasteiger charge is 2.35. The molecule has 2 aromatic rings. The number of carbonyl (C=O) groups is 2. The largest absolute Gasteiger partial charge is 0.384 e. The smallest absolute Gasteiger partial charge is 0.289 e. The van der Waals surface area contributed by atoms with Gasteiger partial charge < -0.3 is 25.0 Å². The third-order valence-electron chi connectivity index (χ3n) is 3.83. The number of H-pyrrole nitrogens is 1. The van der Waals surface area contributed by atoms with E-state index in [1.807, 2.05) is 0 Å². The fourth-order valence-electron chi connectivity index (χ4n) is 2.56. The Balaban J connectivity index is 1.64. The normalized spacial score (nSPS) is 20.8. The first kappa shape index (κ1) is 17.1. The van der Waals surface area contributed by atoms with Crippen molar-refractivity contribution in [2.24, 2.45) is 0 Å². The van der Waals surface area contributed by atoms with E-state index >= 15 is 0 Å². The van der Waals surface area contributed by atoms with Crippen molar-refractivity contribution in [1.29, 1.82) is 0 Å². The maximum atomic E-state index is 12.4. The third-order valence-corrected chi connectivity index (χ3v) is 3.83. The molecule has 9 heteroatoms. The minimum Gasteiger partial charge on any atom is -0.384 e. The van der Waals surface area contributed by atoms with Gasteiger partial charge in [-0.05, 0) is 12.1 Å². The maximum Gasteiger partial charge on any atom is 0.289 e. The van der Waals surface area contributed by atoms with Crippen molar-refractivity contribution in [2.45, 2.75) is 5.60 Å². The van der Waals surface area contributed by atoms with E-state index in [1.165, 1.54) is 17.3 Å². The molecule has 1 aliphatic rings. The summed E-state index contributed by atoms with van der Waals surface area (Å²) in [6.45, 7) is 0.593. The molecule has 0 aliphatic carbocycles. The number of hydrogen-bond acceptors (Lipinski definition) is 6. The molecular formula is C16H19N5O4. The number of hydrogen-bond donors (Lipinski definition) is 3. The van der Waals surface area contributed by atoms with Crippen LogP contribution in [0.15, 0.2) is 36.8 Å². The minimum atomic E-state index is -1.40. The van der Waals surface area contributed by atoms with Crippen molar-refractivity contribution >= 4 is 11.8 Å². The molecule has 132 valence electrons. The summed E-state index contributed by atoms with van der Waals surface area (Å²) in [5, 5.41) is 13.4. The van der Waals surface area contributed by atoms with Crippen LogP contribution in [0.3, 0.4) is 0 Å². The fraction of sp³-hybridized carbons (Fsp3) is 0.375. The van der Waals surface area contributed by atoms with E-state index in [0.717, 1.165) is 0 Å². The molecule has 0 radical (unpaired) electrons. The zero-order valence-corrected chi connectivity index (χ0v) is 13.5. The predicted octanol–water partition coefficient (Wildman–Crippen LogP) is -0.562. The number of aromatic nitrogens is 3. The summed E-state index contributed by atoms with van der Waals surface area (Å²) in [5.74, 6) is -0.533. The first-order valence-corrected chi connectivity index (χ1v) is 7.85. The van der Waals surface area contributed by atoms with Gasteiger partial charge in [0.15, 0.2) is 5.82 Å². The van der Waals surface area contributed by atoms with Gasteiger partial charge in [0.05, 0.1) is 26.3 Å². The number of pyridine rings is 1. The molecule has 0 spiro atoms. The van der Waals surface area contributed by atoms with Crippen molar-refractivity contribution in [1.82, 2.24) is 25.2 Å². The Morgan fingerprint density at radius 1 is 1.36 bits per heavy atom. The van der Waals surface area contributed by atoms with Gasteiger partial charge >= 0.3 is 0 Å². The van der Waals surface area contributed by atoms with Crippen LogP contribution in [0.5, 0.6) is 0 Å². The van der Waals surface area contributed by atoms with Gasteiger partial charge in [-0.3, -0.25) is 14.6 Å². The predicted molar refractivity (Wildman–Crippen MR) is 86.8 cm³/mol. The van der Waals surface area contributed by atoms with Crippen molar-refractivity contribution in [2.75, 3.05) is 32.8 Å². The molecule has 9 nitrogen and oxygen atoms in total. The van der Waals surface area contributed by atoms with Gasteiger partial charge in [0, 0.05) is 25.1 Å². The van der Waals surface area contributed by atoms with Crippen LogP contribution in [-0.4, -0.2) is 75.2 Å². The molecule has 1 fully saturated rings. The number of aliphatic hydroxyl groups is 1. The lowest BCUT2D eigenvalue weighted by atomic mass is 10.0. The van der Waals surface area contributed by atoms with Gasteiger partial charge in [-0.25, -0.2) is 4.98 Å². The number of β-amino-alcohol motifs (C(OH)–C–C–N with tert-alkyl or cyclic N) is 1. The quantitative estimate of drug-likeness (QED) is 0.683. The number of imidazole rings is 1. The zero-order chi connectivity index (χ0) is 17.7. The number of nitrogens with zero attached hydrogens (tertiary/aromatic N) is 3. The Morgan fingerprint density at radius 2 is 2.24 bits per heavy atom. The molecule has 3 rings (SSSR count). The Morgan fingerprint density at radius 3 is 2.96 bits per heavy atom. The Hall–Kier alpha value is -2.78. The van der Waals surface area contributed by atoms with E-state index in [9.17, 15) is 14.7 Å². The summed E-state index contributed by atoms with van der Waals surface area (Å²) in [6, 6.07) is 4.99. The average molecular weight is 345 g/mol. The fourth-order valence-corrected chi connectivity index (χ4v) is 2.56. The molecule has 3 heterocycles. The van der Waals surface area contributed by atoms with Gasteiger partial charge in [-0.15, -0.1) is 0 Å². The molecule has 2 aromatic heterocycles. The molecule has 25 heavy (non-hydrogen) atoms. The number of nitrogens with one attached hydrogen (secondary N) is 2. The molecule has 1 atom stereocenters. The number of amides is 2. The van der Waals surface area contributed by atoms with Crippen LogP contribution in [0.1, 0.15) is 21.1 Å². The molecule has 1 saturated heterocycles. The van der Waals surface area contributed by atoms with E-state index in [4.69, 9.17) is 4.74 Å². The lowest BCUT2D eigenvalue weighted by molar-refractivity contribution is -0.0325. The average Bonchev–Trinajstić information content (AvgIpc) is 3.10. The molecule has 0 aromatic carbocycles. The molecule has 0 saturated carbocycles. The highest BCUT2D eigenvalue weighted by Crippen LogP contribution is 2.14. The summed E-state index contributed by atoms with van der Waals surface area (Å²) in [7, 11) is 0. The summed E-state index contributed by atoms with van der Waals surface area (Å²) in [5.41, 5.74) is -1.15. The van der Waals surface area contributed by atoms with E-state index in [1.54, 1.807) is 24.4 Å². The van der Waals surface area contributed by atoms with Gasteiger partial charge in [0.1, 0.15) is 11.3 Å². The van der Waals surface area contributed by atoms with Gasteiger partial charge in [0.25, 0.3) is 11.8 Å². The second kappa shape index (κ2) is 7.41. The summed E-state index contributed by atoms with van der Waals surface area (Å²) in [6.07, 6.45) is 4.56. The molecule has 1 unspecified atom stereocenters. The first-order valence-electron chi connectivity index (χ1n) is 7.85. The van der Waals surface area contributed by atoms with Crippen LogP contribution in [-0.2, 0) is 4.74 Å². The minimum absolute atomic E-state index is 0.0113.